The first kappa shape index (κ1) is 15.0. The number of carboxylic acid groups (broad SMARTS) is 1. The molecule has 0 saturated heterocycles. The van der Waals surface area contributed by atoms with E-state index in [4.69, 9.17) is 5.11 Å². The molecule has 1 fully saturated rings. The first-order valence-corrected chi connectivity index (χ1v) is 7.37. The van der Waals surface area contributed by atoms with Gasteiger partial charge in [-0.25, -0.2) is 9.18 Å². The third-order valence-electron chi connectivity index (χ3n) is 4.14. The van der Waals surface area contributed by atoms with Gasteiger partial charge in [-0.3, -0.25) is 4.90 Å². The highest BCUT2D eigenvalue weighted by Crippen LogP contribution is 2.24. The maximum absolute atomic E-state index is 13.4. The molecule has 0 unspecified atom stereocenters. The largest absolute Gasteiger partial charge is 0.478 e. The number of aromatic carboxylic acids is 1. The van der Waals surface area contributed by atoms with Crippen molar-refractivity contribution >= 4 is 5.97 Å². The molecule has 1 aromatic carbocycles. The summed E-state index contributed by atoms with van der Waals surface area (Å²) in [6.07, 6.45) is 6.27. The number of carbonyl (C=O) groups is 1. The first-order valence-electron chi connectivity index (χ1n) is 7.37. The van der Waals surface area contributed by atoms with E-state index in [9.17, 15) is 9.18 Å². The third kappa shape index (κ3) is 3.57. The van der Waals surface area contributed by atoms with Gasteiger partial charge in [0.25, 0.3) is 0 Å². The van der Waals surface area contributed by atoms with Gasteiger partial charge in [0.2, 0.25) is 0 Å². The summed E-state index contributed by atoms with van der Waals surface area (Å²) in [5.74, 6) is -1.87. The second-order valence-electron chi connectivity index (χ2n) is 5.47. The van der Waals surface area contributed by atoms with Crippen LogP contribution in [0.1, 0.15) is 54.9 Å². The SMILES string of the molecule is CCN(Cc1ccc(F)c(C(=O)O)c1)C1CCCCC1. The Morgan fingerprint density at radius 1 is 1.35 bits per heavy atom. The van der Waals surface area contributed by atoms with Crippen molar-refractivity contribution in [2.75, 3.05) is 6.54 Å². The van der Waals surface area contributed by atoms with Crippen LogP contribution in [0.15, 0.2) is 18.2 Å². The fourth-order valence-electron chi connectivity index (χ4n) is 3.01. The van der Waals surface area contributed by atoms with Gasteiger partial charge in [0.15, 0.2) is 0 Å². The lowest BCUT2D eigenvalue weighted by Crippen LogP contribution is -2.36. The highest BCUT2D eigenvalue weighted by Gasteiger charge is 2.20. The predicted molar refractivity (Wildman–Crippen MR) is 76.3 cm³/mol. The van der Waals surface area contributed by atoms with Crippen LogP contribution in [0.3, 0.4) is 0 Å². The van der Waals surface area contributed by atoms with E-state index >= 15 is 0 Å². The smallest absolute Gasteiger partial charge is 0.338 e. The van der Waals surface area contributed by atoms with Gasteiger partial charge in [-0.1, -0.05) is 32.3 Å². The van der Waals surface area contributed by atoms with Crippen molar-refractivity contribution in [2.24, 2.45) is 0 Å². The molecule has 0 amide bonds. The maximum Gasteiger partial charge on any atom is 0.338 e. The zero-order valence-electron chi connectivity index (χ0n) is 11.9. The third-order valence-corrected chi connectivity index (χ3v) is 4.14. The van der Waals surface area contributed by atoms with Crippen molar-refractivity contribution in [3.8, 4) is 0 Å². The summed E-state index contributed by atoms with van der Waals surface area (Å²) in [4.78, 5) is 13.4. The molecule has 110 valence electrons. The number of hydrogen-bond donors (Lipinski definition) is 1. The molecule has 0 bridgehead atoms. The quantitative estimate of drug-likeness (QED) is 0.894. The Morgan fingerprint density at radius 3 is 2.65 bits per heavy atom. The number of rotatable bonds is 5. The number of hydrogen-bond acceptors (Lipinski definition) is 2. The molecule has 1 aliphatic carbocycles. The van der Waals surface area contributed by atoms with Crippen molar-refractivity contribution in [1.82, 2.24) is 4.90 Å². The standard InChI is InChI=1S/C16H22FNO2/c1-2-18(13-6-4-3-5-7-13)11-12-8-9-15(17)14(10-12)16(19)20/h8-10,13H,2-7,11H2,1H3,(H,19,20). The van der Waals surface area contributed by atoms with Gasteiger partial charge in [-0.15, -0.1) is 0 Å². The van der Waals surface area contributed by atoms with Crippen LogP contribution >= 0.6 is 0 Å². The molecule has 1 aliphatic rings. The molecule has 20 heavy (non-hydrogen) atoms. The molecule has 0 aromatic heterocycles. The fraction of sp³-hybridized carbons (Fsp3) is 0.562. The average molecular weight is 279 g/mol. The second kappa shape index (κ2) is 6.84. The minimum Gasteiger partial charge on any atom is -0.478 e. The first-order chi connectivity index (χ1) is 9.61. The lowest BCUT2D eigenvalue weighted by molar-refractivity contribution is 0.0691. The van der Waals surface area contributed by atoms with Gasteiger partial charge in [0.05, 0.1) is 5.56 Å². The zero-order chi connectivity index (χ0) is 14.5. The molecular weight excluding hydrogens is 257 g/mol. The zero-order valence-corrected chi connectivity index (χ0v) is 11.9. The van der Waals surface area contributed by atoms with E-state index in [0.29, 0.717) is 12.6 Å². The molecule has 0 radical (unpaired) electrons. The summed E-state index contributed by atoms with van der Waals surface area (Å²) in [6, 6.07) is 4.98. The molecule has 0 heterocycles. The van der Waals surface area contributed by atoms with E-state index in [1.165, 1.54) is 44.2 Å². The van der Waals surface area contributed by atoms with Crippen molar-refractivity contribution in [2.45, 2.75) is 51.6 Å². The minimum atomic E-state index is -1.20. The van der Waals surface area contributed by atoms with E-state index in [2.05, 4.69) is 11.8 Å². The molecule has 4 heteroatoms. The van der Waals surface area contributed by atoms with Gasteiger partial charge in [0, 0.05) is 12.6 Å². The molecule has 0 atom stereocenters. The van der Waals surface area contributed by atoms with Crippen molar-refractivity contribution in [3.63, 3.8) is 0 Å². The Bertz CT molecular complexity index is 470. The second-order valence-corrected chi connectivity index (χ2v) is 5.47. The summed E-state index contributed by atoms with van der Waals surface area (Å²) in [6.45, 7) is 3.75. The Labute approximate surface area is 119 Å². The van der Waals surface area contributed by atoms with Crippen LogP contribution in [-0.4, -0.2) is 28.6 Å². The van der Waals surface area contributed by atoms with Gasteiger partial charge in [-0.05, 0) is 37.1 Å². The van der Waals surface area contributed by atoms with Crippen molar-refractivity contribution < 1.29 is 14.3 Å². The molecule has 1 aromatic rings. The number of carboxylic acids is 1. The number of halogens is 1. The molecule has 0 aliphatic heterocycles. The summed E-state index contributed by atoms with van der Waals surface area (Å²) in [5, 5.41) is 8.98. The molecule has 2 rings (SSSR count). The lowest BCUT2D eigenvalue weighted by atomic mass is 9.94. The summed E-state index contributed by atoms with van der Waals surface area (Å²) < 4.78 is 13.4. The Morgan fingerprint density at radius 2 is 2.05 bits per heavy atom. The maximum atomic E-state index is 13.4. The lowest BCUT2D eigenvalue weighted by Gasteiger charge is -2.33. The Balaban J connectivity index is 2.10. The normalized spacial score (nSPS) is 16.6. The van der Waals surface area contributed by atoms with Crippen LogP contribution in [0.5, 0.6) is 0 Å². The van der Waals surface area contributed by atoms with Crippen LogP contribution in [0.4, 0.5) is 4.39 Å². The minimum absolute atomic E-state index is 0.234. The summed E-state index contributed by atoms with van der Waals surface area (Å²) in [7, 11) is 0. The molecule has 0 spiro atoms. The number of nitrogens with zero attached hydrogens (tertiary/aromatic N) is 1. The van der Waals surface area contributed by atoms with Crippen LogP contribution in [0.2, 0.25) is 0 Å². The van der Waals surface area contributed by atoms with Gasteiger partial charge in [0.1, 0.15) is 5.82 Å². The van der Waals surface area contributed by atoms with E-state index in [1.807, 2.05) is 0 Å². The van der Waals surface area contributed by atoms with Crippen LogP contribution in [0, 0.1) is 5.82 Å². The van der Waals surface area contributed by atoms with Crippen LogP contribution in [-0.2, 0) is 6.54 Å². The van der Waals surface area contributed by atoms with E-state index in [0.717, 1.165) is 12.1 Å². The Kier molecular flexibility index (Phi) is 5.12. The molecule has 1 N–H and O–H groups in total. The van der Waals surface area contributed by atoms with E-state index < -0.39 is 11.8 Å². The van der Waals surface area contributed by atoms with Gasteiger partial charge in [-0.2, -0.15) is 0 Å². The van der Waals surface area contributed by atoms with E-state index in [-0.39, 0.29) is 5.56 Å². The summed E-state index contributed by atoms with van der Waals surface area (Å²) >= 11 is 0. The highest BCUT2D eigenvalue weighted by atomic mass is 19.1. The molecule has 1 saturated carbocycles. The van der Waals surface area contributed by atoms with Gasteiger partial charge < -0.3 is 5.11 Å². The van der Waals surface area contributed by atoms with Crippen LogP contribution in [0.25, 0.3) is 0 Å². The van der Waals surface area contributed by atoms with Crippen LogP contribution < -0.4 is 0 Å². The molecular formula is C16H22FNO2. The van der Waals surface area contributed by atoms with Crippen molar-refractivity contribution in [1.29, 1.82) is 0 Å². The van der Waals surface area contributed by atoms with Crippen molar-refractivity contribution in [3.05, 3.63) is 35.1 Å². The summed E-state index contributed by atoms with van der Waals surface area (Å²) in [5.41, 5.74) is 0.637. The molecule has 3 nitrogen and oxygen atoms in total. The average Bonchev–Trinajstić information content (AvgIpc) is 2.47. The Hall–Kier alpha value is -1.42. The fourth-order valence-corrected chi connectivity index (χ4v) is 3.01. The number of benzene rings is 1. The van der Waals surface area contributed by atoms with Gasteiger partial charge >= 0.3 is 5.97 Å². The topological polar surface area (TPSA) is 40.5 Å². The predicted octanol–water partition coefficient (Wildman–Crippen LogP) is 3.68. The van der Waals surface area contributed by atoms with E-state index in [1.54, 1.807) is 6.07 Å². The highest BCUT2D eigenvalue weighted by molar-refractivity contribution is 5.88. The monoisotopic (exact) mass is 279 g/mol.